The zero-order chi connectivity index (χ0) is 15.5. The molecule has 0 aliphatic carbocycles. The van der Waals surface area contributed by atoms with Crippen molar-refractivity contribution in [2.75, 3.05) is 26.2 Å². The number of morpholine rings is 1. The number of amides is 1. The van der Waals surface area contributed by atoms with Crippen molar-refractivity contribution in [1.82, 2.24) is 9.91 Å². The van der Waals surface area contributed by atoms with Gasteiger partial charge < -0.3 is 4.74 Å². The second-order valence-corrected chi connectivity index (χ2v) is 6.13. The molecule has 1 amide bonds. The van der Waals surface area contributed by atoms with E-state index in [-0.39, 0.29) is 18.1 Å². The molecule has 2 aliphatic rings. The first-order chi connectivity index (χ1) is 10.6. The molecule has 3 rings (SSSR count). The van der Waals surface area contributed by atoms with Crippen molar-refractivity contribution in [2.45, 2.75) is 32.5 Å². The quantitative estimate of drug-likeness (QED) is 0.854. The maximum Gasteiger partial charge on any atom is 0.256 e. The highest BCUT2D eigenvalue weighted by molar-refractivity contribution is 6.02. The molecular formula is C17H23N3O2. The minimum absolute atomic E-state index is 0.0761. The Morgan fingerprint density at radius 3 is 2.59 bits per heavy atom. The van der Waals surface area contributed by atoms with Crippen LogP contribution in [0.4, 0.5) is 0 Å². The maximum absolute atomic E-state index is 12.4. The lowest BCUT2D eigenvalue weighted by Crippen LogP contribution is -2.49. The first-order valence-corrected chi connectivity index (χ1v) is 7.93. The van der Waals surface area contributed by atoms with Crippen LogP contribution in [0.2, 0.25) is 0 Å². The number of rotatable bonds is 3. The first kappa shape index (κ1) is 15.2. The van der Waals surface area contributed by atoms with Crippen molar-refractivity contribution >= 4 is 11.6 Å². The average Bonchev–Trinajstić information content (AvgIpc) is 2.97. The van der Waals surface area contributed by atoms with Crippen molar-refractivity contribution in [2.24, 2.45) is 5.10 Å². The highest BCUT2D eigenvalue weighted by atomic mass is 16.5. The van der Waals surface area contributed by atoms with Crippen molar-refractivity contribution in [1.29, 1.82) is 0 Å². The van der Waals surface area contributed by atoms with E-state index in [9.17, 15) is 4.79 Å². The van der Waals surface area contributed by atoms with Gasteiger partial charge in [-0.2, -0.15) is 5.10 Å². The predicted molar refractivity (Wildman–Crippen MR) is 85.8 cm³/mol. The molecule has 1 aromatic carbocycles. The first-order valence-electron chi connectivity index (χ1n) is 7.93. The summed E-state index contributed by atoms with van der Waals surface area (Å²) in [6, 6.07) is 10.1. The number of benzene rings is 1. The molecule has 0 spiro atoms. The molecule has 118 valence electrons. The van der Waals surface area contributed by atoms with E-state index in [1.165, 1.54) is 0 Å². The van der Waals surface area contributed by atoms with E-state index < -0.39 is 0 Å². The van der Waals surface area contributed by atoms with Crippen molar-refractivity contribution in [3.8, 4) is 0 Å². The van der Waals surface area contributed by atoms with Crippen LogP contribution < -0.4 is 0 Å². The lowest BCUT2D eigenvalue weighted by Gasteiger charge is -2.35. The molecule has 1 saturated heterocycles. The Labute approximate surface area is 131 Å². The van der Waals surface area contributed by atoms with E-state index in [0.717, 1.165) is 30.8 Å². The van der Waals surface area contributed by atoms with Gasteiger partial charge in [-0.15, -0.1) is 0 Å². The molecule has 5 nitrogen and oxygen atoms in total. The maximum atomic E-state index is 12.4. The van der Waals surface area contributed by atoms with Crippen LogP contribution in [-0.4, -0.2) is 59.9 Å². The van der Waals surface area contributed by atoms with E-state index in [1.807, 2.05) is 30.3 Å². The van der Waals surface area contributed by atoms with Gasteiger partial charge in [0.1, 0.15) is 0 Å². The minimum atomic E-state index is 0.0761. The van der Waals surface area contributed by atoms with Gasteiger partial charge in [-0.05, 0) is 19.4 Å². The average molecular weight is 301 g/mol. The lowest BCUT2D eigenvalue weighted by molar-refractivity contribution is -0.135. The fourth-order valence-corrected chi connectivity index (χ4v) is 3.16. The summed E-state index contributed by atoms with van der Waals surface area (Å²) in [6.07, 6.45) is 1.18. The Hall–Kier alpha value is -1.72. The Morgan fingerprint density at radius 1 is 1.23 bits per heavy atom. The zero-order valence-electron chi connectivity index (χ0n) is 13.2. The van der Waals surface area contributed by atoms with E-state index in [4.69, 9.17) is 4.74 Å². The number of nitrogens with zero attached hydrogens (tertiary/aromatic N) is 3. The fraction of sp³-hybridized carbons (Fsp3) is 0.529. The largest absolute Gasteiger partial charge is 0.373 e. The third-order valence-electron chi connectivity index (χ3n) is 4.05. The van der Waals surface area contributed by atoms with Crippen LogP contribution in [0, 0.1) is 0 Å². The molecule has 0 saturated carbocycles. The Morgan fingerprint density at radius 2 is 1.91 bits per heavy atom. The zero-order valence-corrected chi connectivity index (χ0v) is 13.2. The summed E-state index contributed by atoms with van der Waals surface area (Å²) in [4.78, 5) is 14.6. The second kappa shape index (κ2) is 6.58. The monoisotopic (exact) mass is 301 g/mol. The molecule has 2 aliphatic heterocycles. The van der Waals surface area contributed by atoms with E-state index in [2.05, 4.69) is 23.8 Å². The Bertz CT molecular complexity index is 548. The number of carbonyl (C=O) groups is 1. The summed E-state index contributed by atoms with van der Waals surface area (Å²) in [5.74, 6) is 0.0761. The summed E-state index contributed by atoms with van der Waals surface area (Å²) in [6.45, 7) is 6.81. The SMILES string of the molecule is C[C@H]1CN(CC(=O)N2CCC(c3ccccc3)=N2)C[C@H](C)O1. The van der Waals surface area contributed by atoms with Crippen LogP contribution in [0.1, 0.15) is 25.8 Å². The summed E-state index contributed by atoms with van der Waals surface area (Å²) in [7, 11) is 0. The molecule has 0 radical (unpaired) electrons. The number of carbonyl (C=O) groups excluding carboxylic acids is 1. The molecule has 1 aromatic rings. The summed E-state index contributed by atoms with van der Waals surface area (Å²) < 4.78 is 5.70. The molecule has 0 N–H and O–H groups in total. The molecular weight excluding hydrogens is 278 g/mol. The van der Waals surface area contributed by atoms with Gasteiger partial charge in [0.15, 0.2) is 0 Å². The van der Waals surface area contributed by atoms with Crippen LogP contribution in [0.15, 0.2) is 35.4 Å². The highest BCUT2D eigenvalue weighted by Crippen LogP contribution is 2.15. The van der Waals surface area contributed by atoms with Gasteiger partial charge in [0.2, 0.25) is 0 Å². The minimum Gasteiger partial charge on any atom is -0.373 e. The Balaban J connectivity index is 1.60. The number of ether oxygens (including phenoxy) is 1. The van der Waals surface area contributed by atoms with Gasteiger partial charge in [-0.1, -0.05) is 30.3 Å². The molecule has 1 fully saturated rings. The molecule has 0 bridgehead atoms. The van der Waals surface area contributed by atoms with Crippen LogP contribution in [0.3, 0.4) is 0 Å². The number of hydrazone groups is 1. The molecule has 5 heteroatoms. The molecule has 2 atom stereocenters. The molecule has 0 unspecified atom stereocenters. The number of hydrogen-bond acceptors (Lipinski definition) is 4. The van der Waals surface area contributed by atoms with E-state index in [1.54, 1.807) is 5.01 Å². The van der Waals surface area contributed by atoms with Gasteiger partial charge >= 0.3 is 0 Å². The molecule has 2 heterocycles. The third-order valence-corrected chi connectivity index (χ3v) is 4.05. The second-order valence-electron chi connectivity index (χ2n) is 6.13. The van der Waals surface area contributed by atoms with Crippen LogP contribution in [0.25, 0.3) is 0 Å². The predicted octanol–water partition coefficient (Wildman–Crippen LogP) is 1.73. The fourth-order valence-electron chi connectivity index (χ4n) is 3.16. The van der Waals surface area contributed by atoms with Gasteiger partial charge in [0.05, 0.1) is 31.0 Å². The standard InChI is InChI=1S/C17H23N3O2/c1-13-10-19(11-14(2)22-13)12-17(21)20-9-8-16(18-20)15-6-4-3-5-7-15/h3-7,13-14H,8-12H2,1-2H3/t13-,14-/m0/s1. The normalized spacial score (nSPS) is 26.1. The van der Waals surface area contributed by atoms with Crippen LogP contribution in [-0.2, 0) is 9.53 Å². The topological polar surface area (TPSA) is 45.1 Å². The highest BCUT2D eigenvalue weighted by Gasteiger charge is 2.27. The van der Waals surface area contributed by atoms with Crippen molar-refractivity contribution in [3.05, 3.63) is 35.9 Å². The van der Waals surface area contributed by atoms with Gasteiger partial charge in [0, 0.05) is 19.5 Å². The summed E-state index contributed by atoms with van der Waals surface area (Å²) >= 11 is 0. The van der Waals surface area contributed by atoms with E-state index >= 15 is 0 Å². The van der Waals surface area contributed by atoms with Gasteiger partial charge in [-0.25, -0.2) is 5.01 Å². The summed E-state index contributed by atoms with van der Waals surface area (Å²) in [5, 5.41) is 6.12. The lowest BCUT2D eigenvalue weighted by atomic mass is 10.1. The van der Waals surface area contributed by atoms with Crippen molar-refractivity contribution in [3.63, 3.8) is 0 Å². The Kier molecular flexibility index (Phi) is 4.55. The van der Waals surface area contributed by atoms with Crippen LogP contribution in [0.5, 0.6) is 0 Å². The van der Waals surface area contributed by atoms with Gasteiger partial charge in [0.25, 0.3) is 5.91 Å². The van der Waals surface area contributed by atoms with Crippen LogP contribution >= 0.6 is 0 Å². The van der Waals surface area contributed by atoms with Gasteiger partial charge in [-0.3, -0.25) is 9.69 Å². The summed E-state index contributed by atoms with van der Waals surface area (Å²) in [5.41, 5.74) is 2.10. The van der Waals surface area contributed by atoms with E-state index in [0.29, 0.717) is 13.1 Å². The molecule has 22 heavy (non-hydrogen) atoms. The number of hydrogen-bond donors (Lipinski definition) is 0. The third kappa shape index (κ3) is 3.54. The molecule has 0 aromatic heterocycles. The smallest absolute Gasteiger partial charge is 0.256 e. The van der Waals surface area contributed by atoms with Crippen molar-refractivity contribution < 1.29 is 9.53 Å².